The smallest absolute Gasteiger partial charge is 0.288 e. The number of unbranched alkanes of at least 4 members (excludes halogenated alkanes) is 1. The second-order valence-electron chi connectivity index (χ2n) is 7.70. The third kappa shape index (κ3) is 7.87. The highest BCUT2D eigenvalue weighted by atomic mass is 32.2. The van der Waals surface area contributed by atoms with Gasteiger partial charge in [-0.2, -0.15) is 13.0 Å². The van der Waals surface area contributed by atoms with E-state index in [1.54, 1.807) is 4.90 Å². The van der Waals surface area contributed by atoms with E-state index in [1.165, 1.54) is 0 Å². The minimum Gasteiger partial charge on any atom is -0.383 e. The highest BCUT2D eigenvalue weighted by Crippen LogP contribution is 2.29. The van der Waals surface area contributed by atoms with Gasteiger partial charge in [0, 0.05) is 32.6 Å². The Labute approximate surface area is 196 Å². The van der Waals surface area contributed by atoms with Gasteiger partial charge in [0.15, 0.2) is 0 Å². The first-order valence-corrected chi connectivity index (χ1v) is 11.9. The summed E-state index contributed by atoms with van der Waals surface area (Å²) in [5.74, 6) is -13.3. The molecule has 14 heteroatoms. The van der Waals surface area contributed by atoms with Gasteiger partial charge in [0.05, 0.1) is 6.04 Å². The van der Waals surface area contributed by atoms with Crippen LogP contribution >= 0.6 is 0 Å². The van der Waals surface area contributed by atoms with Gasteiger partial charge in [0.1, 0.15) is 0 Å². The van der Waals surface area contributed by atoms with Crippen LogP contribution in [0.15, 0.2) is 0 Å². The molecule has 1 saturated heterocycles. The Morgan fingerprint density at radius 1 is 0.941 bits per heavy atom. The standard InChI is InChI=1S/C20H27F5N4O4S/c21-14-15(22)17(24)19(18(25)16(14)23)33-34(32)28-9-5-7-13(30)27-8-2-1-6-12(26)20(31)29-10-3-4-11-29/h12,28H,1-11,26H2,(H,27,30)/t12-,34?/m0/s1. The van der Waals surface area contributed by atoms with Crippen LogP contribution in [0.2, 0.25) is 0 Å². The Kier molecular flexibility index (Phi) is 11.1. The van der Waals surface area contributed by atoms with Crippen molar-refractivity contribution in [3.05, 3.63) is 29.1 Å². The van der Waals surface area contributed by atoms with E-state index in [0.717, 1.165) is 25.9 Å². The van der Waals surface area contributed by atoms with Gasteiger partial charge in [0.25, 0.3) is 11.3 Å². The van der Waals surface area contributed by atoms with Gasteiger partial charge in [0.2, 0.25) is 46.6 Å². The molecule has 2 amide bonds. The van der Waals surface area contributed by atoms with Crippen LogP contribution < -0.4 is 20.0 Å². The first-order valence-electron chi connectivity index (χ1n) is 10.8. The second-order valence-corrected chi connectivity index (χ2v) is 8.62. The summed E-state index contributed by atoms with van der Waals surface area (Å²) in [5, 5.41) is 2.67. The third-order valence-electron chi connectivity index (χ3n) is 5.13. The van der Waals surface area contributed by atoms with Crippen molar-refractivity contribution in [3.8, 4) is 5.75 Å². The highest BCUT2D eigenvalue weighted by Gasteiger charge is 2.28. The van der Waals surface area contributed by atoms with Gasteiger partial charge in [-0.15, -0.1) is 0 Å². The summed E-state index contributed by atoms with van der Waals surface area (Å²) in [6.45, 7) is 1.78. The van der Waals surface area contributed by atoms with Gasteiger partial charge >= 0.3 is 0 Å². The number of carbonyl (C=O) groups excluding carboxylic acids is 2. The lowest BCUT2D eigenvalue weighted by Gasteiger charge is -2.20. The van der Waals surface area contributed by atoms with E-state index in [1.807, 2.05) is 0 Å². The maximum atomic E-state index is 13.5. The molecule has 1 fully saturated rings. The predicted octanol–water partition coefficient (Wildman–Crippen LogP) is 1.95. The average Bonchev–Trinajstić information content (AvgIpc) is 3.36. The minimum atomic E-state index is -2.61. The molecule has 34 heavy (non-hydrogen) atoms. The molecular formula is C20H27F5N4O4S. The molecule has 1 unspecified atom stereocenters. The van der Waals surface area contributed by atoms with Gasteiger partial charge in [-0.3, -0.25) is 9.59 Å². The predicted molar refractivity (Wildman–Crippen MR) is 113 cm³/mol. The maximum absolute atomic E-state index is 13.5. The molecule has 1 aliphatic heterocycles. The van der Waals surface area contributed by atoms with E-state index in [2.05, 4.69) is 14.2 Å². The fourth-order valence-electron chi connectivity index (χ4n) is 3.27. The van der Waals surface area contributed by atoms with Gasteiger partial charge in [-0.25, -0.2) is 17.9 Å². The molecule has 2 rings (SSSR count). The lowest BCUT2D eigenvalue weighted by atomic mass is 10.1. The van der Waals surface area contributed by atoms with Crippen molar-refractivity contribution in [2.45, 2.75) is 51.0 Å². The van der Waals surface area contributed by atoms with Crippen LogP contribution in [0.25, 0.3) is 0 Å². The molecule has 0 spiro atoms. The Balaban J connectivity index is 1.58. The molecule has 0 radical (unpaired) electrons. The molecule has 1 aromatic rings. The topological polar surface area (TPSA) is 114 Å². The Bertz CT molecular complexity index is 873. The van der Waals surface area contributed by atoms with Crippen molar-refractivity contribution >= 4 is 23.1 Å². The van der Waals surface area contributed by atoms with Crippen LogP contribution in [0.3, 0.4) is 0 Å². The summed E-state index contributed by atoms with van der Waals surface area (Å²) in [6.07, 6.45) is 3.99. The van der Waals surface area contributed by atoms with Crippen LogP contribution in [0, 0.1) is 29.1 Å². The van der Waals surface area contributed by atoms with Crippen molar-refractivity contribution in [1.29, 1.82) is 0 Å². The van der Waals surface area contributed by atoms with Crippen molar-refractivity contribution in [3.63, 3.8) is 0 Å². The molecule has 2 atom stereocenters. The number of nitrogens with zero attached hydrogens (tertiary/aromatic N) is 1. The Morgan fingerprint density at radius 3 is 2.15 bits per heavy atom. The number of halogens is 5. The van der Waals surface area contributed by atoms with Crippen LogP contribution in [-0.4, -0.2) is 53.1 Å². The van der Waals surface area contributed by atoms with Crippen LogP contribution in [0.5, 0.6) is 5.75 Å². The van der Waals surface area contributed by atoms with E-state index in [0.29, 0.717) is 25.8 Å². The number of hydrogen-bond donors (Lipinski definition) is 3. The lowest BCUT2D eigenvalue weighted by Crippen LogP contribution is -2.42. The SMILES string of the molecule is N[C@@H](CCCCNC(=O)CCCNS(=O)Oc1c(F)c(F)c(F)c(F)c1F)C(=O)N1CCCC1. The van der Waals surface area contributed by atoms with Crippen LogP contribution in [-0.2, 0) is 20.9 Å². The number of nitrogens with two attached hydrogens (primary N) is 1. The number of rotatable bonds is 13. The molecule has 8 nitrogen and oxygen atoms in total. The van der Waals surface area contributed by atoms with Crippen molar-refractivity contribution < 1.29 is 39.9 Å². The Hall–Kier alpha value is -2.32. The zero-order valence-corrected chi connectivity index (χ0v) is 19.1. The van der Waals surface area contributed by atoms with E-state index in [-0.39, 0.29) is 31.2 Å². The lowest BCUT2D eigenvalue weighted by molar-refractivity contribution is -0.131. The molecule has 0 bridgehead atoms. The molecule has 0 aliphatic carbocycles. The van der Waals surface area contributed by atoms with E-state index in [9.17, 15) is 35.8 Å². The summed E-state index contributed by atoms with van der Waals surface area (Å²) in [6, 6.07) is -0.548. The first kappa shape index (κ1) is 27.9. The fourth-order valence-corrected chi connectivity index (χ4v) is 3.94. The summed E-state index contributed by atoms with van der Waals surface area (Å²) >= 11 is -2.61. The Morgan fingerprint density at radius 2 is 1.53 bits per heavy atom. The molecule has 0 saturated carbocycles. The molecule has 0 aromatic heterocycles. The normalized spacial score (nSPS) is 15.3. The molecule has 1 heterocycles. The van der Waals surface area contributed by atoms with Gasteiger partial charge in [-0.05, 0) is 38.5 Å². The van der Waals surface area contributed by atoms with E-state index in [4.69, 9.17) is 5.73 Å². The van der Waals surface area contributed by atoms with Crippen molar-refractivity contribution in [2.24, 2.45) is 5.73 Å². The number of nitrogens with one attached hydrogen (secondary N) is 2. The average molecular weight is 515 g/mol. The van der Waals surface area contributed by atoms with Gasteiger partial charge in [-0.1, -0.05) is 0 Å². The summed E-state index contributed by atoms with van der Waals surface area (Å²) in [4.78, 5) is 25.7. The molecule has 192 valence electrons. The zero-order chi connectivity index (χ0) is 25.3. The van der Waals surface area contributed by atoms with E-state index >= 15 is 0 Å². The monoisotopic (exact) mass is 514 g/mol. The number of benzene rings is 1. The molecule has 4 N–H and O–H groups in total. The number of likely N-dealkylation sites (tertiary alicyclic amines) is 1. The van der Waals surface area contributed by atoms with Crippen LogP contribution in [0.4, 0.5) is 22.0 Å². The third-order valence-corrected chi connectivity index (χ3v) is 5.89. The highest BCUT2D eigenvalue weighted by molar-refractivity contribution is 7.78. The summed E-state index contributed by atoms with van der Waals surface area (Å²) in [7, 11) is 0. The molecular weight excluding hydrogens is 487 g/mol. The zero-order valence-electron chi connectivity index (χ0n) is 18.3. The van der Waals surface area contributed by atoms with Crippen molar-refractivity contribution in [1.82, 2.24) is 14.9 Å². The number of carbonyl (C=O) groups is 2. The minimum absolute atomic E-state index is 0.0275. The fraction of sp³-hybridized carbons (Fsp3) is 0.600. The molecule has 1 aromatic carbocycles. The molecule has 1 aliphatic rings. The second kappa shape index (κ2) is 13.5. The summed E-state index contributed by atoms with van der Waals surface area (Å²) in [5.41, 5.74) is 5.91. The van der Waals surface area contributed by atoms with E-state index < -0.39 is 52.1 Å². The quantitative estimate of drug-likeness (QED) is 0.161. The maximum Gasteiger partial charge on any atom is 0.288 e. The summed E-state index contributed by atoms with van der Waals surface area (Å²) < 4.78 is 84.3. The van der Waals surface area contributed by atoms with Crippen molar-refractivity contribution in [2.75, 3.05) is 26.2 Å². The number of amides is 2. The number of hydrogen-bond acceptors (Lipinski definition) is 5. The first-order chi connectivity index (χ1) is 16.1. The largest absolute Gasteiger partial charge is 0.383 e. The van der Waals surface area contributed by atoms with Gasteiger partial charge < -0.3 is 20.1 Å². The van der Waals surface area contributed by atoms with Crippen LogP contribution in [0.1, 0.15) is 44.9 Å².